The number of hydrogen-bond acceptors (Lipinski definition) is 6. The third-order valence-electron chi connectivity index (χ3n) is 2.21. The third kappa shape index (κ3) is 3.93. The standard InChI is InChI=1S/C9H12F3N3O3/c10-9(11,12)5-17-4-7-14-8(15-18-7)6-3-16-2-1-13-6/h6,13H,1-5H2. The van der Waals surface area contributed by atoms with E-state index in [1.54, 1.807) is 0 Å². The van der Waals surface area contributed by atoms with Gasteiger partial charge in [-0.15, -0.1) is 0 Å². The molecule has 1 aliphatic heterocycles. The zero-order chi connectivity index (χ0) is 13.0. The number of morpholine rings is 1. The predicted molar refractivity (Wildman–Crippen MR) is 51.6 cm³/mol. The molecule has 0 bridgehead atoms. The molecule has 1 aromatic heterocycles. The maximum Gasteiger partial charge on any atom is 0.411 e. The van der Waals surface area contributed by atoms with Crippen molar-refractivity contribution in [2.75, 3.05) is 26.4 Å². The lowest BCUT2D eigenvalue weighted by Gasteiger charge is -2.20. The van der Waals surface area contributed by atoms with E-state index in [0.29, 0.717) is 25.6 Å². The molecule has 0 aromatic carbocycles. The summed E-state index contributed by atoms with van der Waals surface area (Å²) in [7, 11) is 0. The Morgan fingerprint density at radius 2 is 2.28 bits per heavy atom. The largest absolute Gasteiger partial charge is 0.411 e. The molecule has 18 heavy (non-hydrogen) atoms. The summed E-state index contributed by atoms with van der Waals surface area (Å²) in [6, 6.07) is -0.195. The Morgan fingerprint density at radius 1 is 1.44 bits per heavy atom. The van der Waals surface area contributed by atoms with Gasteiger partial charge < -0.3 is 19.3 Å². The molecule has 1 aromatic rings. The van der Waals surface area contributed by atoms with Crippen LogP contribution < -0.4 is 5.32 Å². The molecule has 1 unspecified atom stereocenters. The van der Waals surface area contributed by atoms with Crippen molar-refractivity contribution in [1.29, 1.82) is 0 Å². The van der Waals surface area contributed by atoms with Crippen LogP contribution in [-0.4, -0.2) is 42.7 Å². The molecular weight excluding hydrogens is 255 g/mol. The third-order valence-corrected chi connectivity index (χ3v) is 2.21. The van der Waals surface area contributed by atoms with Gasteiger partial charge in [0.15, 0.2) is 5.82 Å². The number of alkyl halides is 3. The highest BCUT2D eigenvalue weighted by Crippen LogP contribution is 2.16. The van der Waals surface area contributed by atoms with Crippen molar-refractivity contribution < 1.29 is 27.2 Å². The zero-order valence-corrected chi connectivity index (χ0v) is 9.37. The van der Waals surface area contributed by atoms with Gasteiger partial charge in [0, 0.05) is 6.54 Å². The number of nitrogens with one attached hydrogen (secondary N) is 1. The first-order chi connectivity index (χ1) is 8.54. The molecule has 0 spiro atoms. The molecule has 2 rings (SSSR count). The van der Waals surface area contributed by atoms with Crippen LogP contribution in [0.4, 0.5) is 13.2 Å². The highest BCUT2D eigenvalue weighted by atomic mass is 19.4. The summed E-state index contributed by atoms with van der Waals surface area (Å²) in [4.78, 5) is 3.94. The quantitative estimate of drug-likeness (QED) is 0.870. The normalized spacial score (nSPS) is 21.2. The number of rotatable bonds is 4. The van der Waals surface area contributed by atoms with Gasteiger partial charge in [-0.25, -0.2) is 0 Å². The van der Waals surface area contributed by atoms with Crippen molar-refractivity contribution in [3.8, 4) is 0 Å². The number of halogens is 3. The Kier molecular flexibility index (Phi) is 4.15. The fourth-order valence-electron chi connectivity index (χ4n) is 1.45. The van der Waals surface area contributed by atoms with Gasteiger partial charge in [0.2, 0.25) is 0 Å². The van der Waals surface area contributed by atoms with Gasteiger partial charge in [0.25, 0.3) is 5.89 Å². The smallest absolute Gasteiger partial charge is 0.378 e. The average molecular weight is 267 g/mol. The van der Waals surface area contributed by atoms with E-state index in [2.05, 4.69) is 20.2 Å². The molecule has 9 heteroatoms. The van der Waals surface area contributed by atoms with Crippen molar-refractivity contribution in [1.82, 2.24) is 15.5 Å². The van der Waals surface area contributed by atoms with Crippen LogP contribution in [0.5, 0.6) is 0 Å². The van der Waals surface area contributed by atoms with E-state index < -0.39 is 12.8 Å². The highest BCUT2D eigenvalue weighted by Gasteiger charge is 2.28. The van der Waals surface area contributed by atoms with Crippen LogP contribution in [0, 0.1) is 0 Å². The van der Waals surface area contributed by atoms with Crippen LogP contribution in [0.1, 0.15) is 17.8 Å². The Hall–Kier alpha value is -1.19. The van der Waals surface area contributed by atoms with Crippen LogP contribution in [0.25, 0.3) is 0 Å². The summed E-state index contributed by atoms with van der Waals surface area (Å²) in [5, 5.41) is 6.76. The van der Waals surface area contributed by atoms with E-state index >= 15 is 0 Å². The summed E-state index contributed by atoms with van der Waals surface area (Å²) in [6.07, 6.45) is -4.36. The Morgan fingerprint density at radius 3 is 2.94 bits per heavy atom. The molecule has 1 N–H and O–H groups in total. The van der Waals surface area contributed by atoms with Crippen molar-refractivity contribution in [3.63, 3.8) is 0 Å². The van der Waals surface area contributed by atoms with E-state index in [1.807, 2.05) is 0 Å². The average Bonchev–Trinajstić information content (AvgIpc) is 2.77. The monoisotopic (exact) mass is 267 g/mol. The Balaban J connectivity index is 1.82. The zero-order valence-electron chi connectivity index (χ0n) is 9.37. The topological polar surface area (TPSA) is 69.4 Å². The fourth-order valence-corrected chi connectivity index (χ4v) is 1.45. The minimum Gasteiger partial charge on any atom is -0.378 e. The van der Waals surface area contributed by atoms with Crippen LogP contribution >= 0.6 is 0 Å². The minimum atomic E-state index is -4.36. The molecule has 0 radical (unpaired) electrons. The van der Waals surface area contributed by atoms with E-state index in [9.17, 15) is 13.2 Å². The number of ether oxygens (including phenoxy) is 2. The molecule has 0 amide bonds. The van der Waals surface area contributed by atoms with Gasteiger partial charge in [0.1, 0.15) is 13.2 Å². The maximum absolute atomic E-state index is 11.8. The Bertz CT molecular complexity index is 377. The van der Waals surface area contributed by atoms with E-state index in [0.717, 1.165) is 0 Å². The van der Waals surface area contributed by atoms with Crippen LogP contribution in [0.3, 0.4) is 0 Å². The lowest BCUT2D eigenvalue weighted by Crippen LogP contribution is -2.35. The van der Waals surface area contributed by atoms with Crippen molar-refractivity contribution >= 4 is 0 Å². The molecule has 0 saturated carbocycles. The first-order valence-electron chi connectivity index (χ1n) is 5.33. The molecular formula is C9H12F3N3O3. The second kappa shape index (κ2) is 5.63. The summed E-state index contributed by atoms with van der Waals surface area (Å²) >= 11 is 0. The fraction of sp³-hybridized carbons (Fsp3) is 0.778. The van der Waals surface area contributed by atoms with Crippen LogP contribution in [0.15, 0.2) is 4.52 Å². The van der Waals surface area contributed by atoms with Gasteiger partial charge in [-0.05, 0) is 0 Å². The summed E-state index contributed by atoms with van der Waals surface area (Å²) < 4.78 is 49.9. The molecule has 1 fully saturated rings. The van der Waals surface area contributed by atoms with E-state index in [4.69, 9.17) is 9.26 Å². The molecule has 1 saturated heterocycles. The molecule has 0 aliphatic carbocycles. The predicted octanol–water partition coefficient (Wildman–Crippen LogP) is 0.809. The first-order valence-corrected chi connectivity index (χ1v) is 5.33. The maximum atomic E-state index is 11.8. The lowest BCUT2D eigenvalue weighted by atomic mass is 10.2. The van der Waals surface area contributed by atoms with Gasteiger partial charge in [0.05, 0.1) is 19.3 Å². The van der Waals surface area contributed by atoms with Gasteiger partial charge in [-0.3, -0.25) is 0 Å². The molecule has 1 atom stereocenters. The molecule has 6 nitrogen and oxygen atoms in total. The van der Waals surface area contributed by atoms with Crippen molar-refractivity contribution in [2.24, 2.45) is 0 Å². The van der Waals surface area contributed by atoms with E-state index in [1.165, 1.54) is 0 Å². The van der Waals surface area contributed by atoms with Gasteiger partial charge in [-0.1, -0.05) is 5.16 Å². The summed E-state index contributed by atoms with van der Waals surface area (Å²) in [5.41, 5.74) is 0. The van der Waals surface area contributed by atoms with Crippen molar-refractivity contribution in [3.05, 3.63) is 11.7 Å². The van der Waals surface area contributed by atoms with Crippen LogP contribution in [-0.2, 0) is 16.1 Å². The van der Waals surface area contributed by atoms with Crippen molar-refractivity contribution in [2.45, 2.75) is 18.8 Å². The second-order valence-corrected chi connectivity index (χ2v) is 3.74. The number of nitrogens with zero attached hydrogens (tertiary/aromatic N) is 2. The van der Waals surface area contributed by atoms with E-state index in [-0.39, 0.29) is 18.5 Å². The molecule has 2 heterocycles. The summed E-state index contributed by atoms with van der Waals surface area (Å²) in [6.45, 7) is -0.0208. The van der Waals surface area contributed by atoms with Crippen LogP contribution in [0.2, 0.25) is 0 Å². The second-order valence-electron chi connectivity index (χ2n) is 3.74. The molecule has 1 aliphatic rings. The first kappa shape index (κ1) is 13.2. The Labute approximate surface area is 100 Å². The minimum absolute atomic E-state index is 0.0154. The highest BCUT2D eigenvalue weighted by molar-refractivity contribution is 4.94. The van der Waals surface area contributed by atoms with Gasteiger partial charge in [-0.2, -0.15) is 18.2 Å². The molecule has 102 valence electrons. The SMILES string of the molecule is FC(F)(F)COCc1nc(C2COCCN2)no1. The number of aromatic nitrogens is 2. The number of hydrogen-bond donors (Lipinski definition) is 1. The summed E-state index contributed by atoms with van der Waals surface area (Å²) in [5.74, 6) is 0.377. The lowest BCUT2D eigenvalue weighted by molar-refractivity contribution is -0.178. The van der Waals surface area contributed by atoms with Gasteiger partial charge >= 0.3 is 6.18 Å².